The van der Waals surface area contributed by atoms with Crippen LogP contribution in [0.15, 0.2) is 24.3 Å². The largest absolute Gasteiger partial charge is 0.489 e. The van der Waals surface area contributed by atoms with Gasteiger partial charge in [-0.3, -0.25) is 0 Å². The molecule has 0 aliphatic carbocycles. The first-order chi connectivity index (χ1) is 9.15. The summed E-state index contributed by atoms with van der Waals surface area (Å²) in [5.74, 6) is 0.692. The number of urea groups is 1. The van der Waals surface area contributed by atoms with E-state index < -0.39 is 0 Å². The second kappa shape index (κ2) is 7.97. The van der Waals surface area contributed by atoms with Crippen molar-refractivity contribution in [2.45, 2.75) is 32.4 Å². The molecule has 0 bridgehead atoms. The van der Waals surface area contributed by atoms with Crippen molar-refractivity contribution in [2.75, 3.05) is 18.4 Å². The Hall–Kier alpha value is -1.46. The Bertz CT molecular complexity index is 434. The highest BCUT2D eigenvalue weighted by atomic mass is 35.5. The number of carbonyl (C=O) groups is 1. The molecule has 1 aromatic carbocycles. The van der Waals surface area contributed by atoms with E-state index in [9.17, 15) is 4.79 Å². The third-order valence-electron chi connectivity index (χ3n) is 2.89. The van der Waals surface area contributed by atoms with E-state index in [4.69, 9.17) is 4.74 Å². The molecule has 0 aromatic heterocycles. The van der Waals surface area contributed by atoms with Gasteiger partial charge in [-0.25, -0.2) is 4.79 Å². The third-order valence-corrected chi connectivity index (χ3v) is 2.89. The summed E-state index contributed by atoms with van der Waals surface area (Å²) < 4.78 is 5.66. The molecule has 1 aliphatic heterocycles. The number of benzene rings is 1. The molecule has 20 heavy (non-hydrogen) atoms. The number of halogens is 1. The molecule has 2 rings (SSSR count). The van der Waals surface area contributed by atoms with Gasteiger partial charge in [0, 0.05) is 12.6 Å². The molecule has 112 valence electrons. The van der Waals surface area contributed by atoms with Gasteiger partial charge in [-0.1, -0.05) is 12.1 Å². The van der Waals surface area contributed by atoms with Crippen LogP contribution in [-0.2, 0) is 0 Å². The molecule has 1 heterocycles. The van der Waals surface area contributed by atoms with Gasteiger partial charge in [0.1, 0.15) is 5.75 Å². The molecule has 0 radical (unpaired) electrons. The van der Waals surface area contributed by atoms with Crippen LogP contribution in [-0.4, -0.2) is 31.3 Å². The van der Waals surface area contributed by atoms with Crippen LogP contribution in [0.25, 0.3) is 0 Å². The number of nitrogens with one attached hydrogen (secondary N) is 3. The van der Waals surface area contributed by atoms with Crippen molar-refractivity contribution in [3.8, 4) is 5.75 Å². The second-order valence-corrected chi connectivity index (χ2v) is 4.95. The number of rotatable bonds is 4. The zero-order valence-electron chi connectivity index (χ0n) is 11.8. The SMILES string of the molecule is CC(C)Oc1ccccc1NC(=O)N[C@@H]1CCNC1.Cl. The molecule has 0 unspecified atom stereocenters. The molecule has 3 N–H and O–H groups in total. The number of para-hydroxylation sites is 2. The fourth-order valence-corrected chi connectivity index (χ4v) is 2.05. The van der Waals surface area contributed by atoms with E-state index in [0.717, 1.165) is 19.5 Å². The average Bonchev–Trinajstić information content (AvgIpc) is 2.83. The number of hydrogen-bond donors (Lipinski definition) is 3. The molecule has 6 heteroatoms. The first kappa shape index (κ1) is 16.6. The van der Waals surface area contributed by atoms with Crippen molar-refractivity contribution in [3.63, 3.8) is 0 Å². The Kier molecular flexibility index (Phi) is 6.61. The summed E-state index contributed by atoms with van der Waals surface area (Å²) in [6.45, 7) is 5.71. The van der Waals surface area contributed by atoms with Gasteiger partial charge in [-0.2, -0.15) is 0 Å². The van der Waals surface area contributed by atoms with Crippen LogP contribution in [0.3, 0.4) is 0 Å². The maximum absolute atomic E-state index is 11.9. The molecule has 1 aliphatic rings. The van der Waals surface area contributed by atoms with Gasteiger partial charge in [-0.05, 0) is 38.9 Å². The predicted octanol–water partition coefficient (Wildman–Crippen LogP) is 2.38. The summed E-state index contributed by atoms with van der Waals surface area (Å²) in [5.41, 5.74) is 0.694. The minimum Gasteiger partial charge on any atom is -0.489 e. The van der Waals surface area contributed by atoms with Gasteiger partial charge in [0.05, 0.1) is 11.8 Å². The van der Waals surface area contributed by atoms with E-state index in [0.29, 0.717) is 11.4 Å². The first-order valence-electron chi connectivity index (χ1n) is 6.69. The van der Waals surface area contributed by atoms with Crippen LogP contribution in [0.4, 0.5) is 10.5 Å². The molecule has 0 saturated carbocycles. The number of carbonyl (C=O) groups excluding carboxylic acids is 1. The van der Waals surface area contributed by atoms with Gasteiger partial charge in [-0.15, -0.1) is 12.4 Å². The molecular formula is C14H22ClN3O2. The van der Waals surface area contributed by atoms with Crippen LogP contribution in [0.1, 0.15) is 20.3 Å². The van der Waals surface area contributed by atoms with Crippen molar-refractivity contribution >= 4 is 24.1 Å². The van der Waals surface area contributed by atoms with Crippen molar-refractivity contribution in [1.29, 1.82) is 0 Å². The average molecular weight is 300 g/mol. The molecule has 1 fully saturated rings. The quantitative estimate of drug-likeness (QED) is 0.800. The zero-order chi connectivity index (χ0) is 13.7. The number of amides is 2. The molecular weight excluding hydrogens is 278 g/mol. The molecule has 5 nitrogen and oxygen atoms in total. The van der Waals surface area contributed by atoms with Crippen LogP contribution in [0, 0.1) is 0 Å². The van der Waals surface area contributed by atoms with E-state index in [-0.39, 0.29) is 30.6 Å². The lowest BCUT2D eigenvalue weighted by Crippen LogP contribution is -2.39. The molecule has 1 atom stereocenters. The van der Waals surface area contributed by atoms with Gasteiger partial charge < -0.3 is 20.7 Å². The lowest BCUT2D eigenvalue weighted by Gasteiger charge is -2.16. The van der Waals surface area contributed by atoms with Gasteiger partial charge in [0.2, 0.25) is 0 Å². The summed E-state index contributed by atoms with van der Waals surface area (Å²) in [5, 5.41) is 8.99. The van der Waals surface area contributed by atoms with Crippen molar-refractivity contribution in [1.82, 2.24) is 10.6 Å². The van der Waals surface area contributed by atoms with E-state index in [1.807, 2.05) is 38.1 Å². The Morgan fingerprint density at radius 1 is 1.40 bits per heavy atom. The fraction of sp³-hybridized carbons (Fsp3) is 0.500. The summed E-state index contributed by atoms with van der Waals surface area (Å²) in [6.07, 6.45) is 1.04. The minimum atomic E-state index is -0.187. The van der Waals surface area contributed by atoms with E-state index >= 15 is 0 Å². The highest BCUT2D eigenvalue weighted by Crippen LogP contribution is 2.24. The Labute approximate surface area is 125 Å². The van der Waals surface area contributed by atoms with Crippen molar-refractivity contribution in [2.24, 2.45) is 0 Å². The predicted molar refractivity (Wildman–Crippen MR) is 82.9 cm³/mol. The van der Waals surface area contributed by atoms with Gasteiger partial charge in [0.25, 0.3) is 0 Å². The van der Waals surface area contributed by atoms with Crippen molar-refractivity contribution in [3.05, 3.63) is 24.3 Å². The first-order valence-corrected chi connectivity index (χ1v) is 6.69. The molecule has 1 saturated heterocycles. The van der Waals surface area contributed by atoms with Crippen LogP contribution in [0.2, 0.25) is 0 Å². The van der Waals surface area contributed by atoms with E-state index in [2.05, 4.69) is 16.0 Å². The maximum Gasteiger partial charge on any atom is 0.319 e. The number of anilines is 1. The minimum absolute atomic E-state index is 0. The second-order valence-electron chi connectivity index (χ2n) is 4.95. The smallest absolute Gasteiger partial charge is 0.319 e. The Morgan fingerprint density at radius 3 is 2.80 bits per heavy atom. The summed E-state index contributed by atoms with van der Waals surface area (Å²) in [7, 11) is 0. The van der Waals surface area contributed by atoms with Crippen molar-refractivity contribution < 1.29 is 9.53 Å². The fourth-order valence-electron chi connectivity index (χ4n) is 2.05. The molecule has 2 amide bonds. The van der Waals surface area contributed by atoms with E-state index in [1.54, 1.807) is 0 Å². The van der Waals surface area contributed by atoms with Gasteiger partial charge in [0.15, 0.2) is 0 Å². The maximum atomic E-state index is 11.9. The van der Waals surface area contributed by atoms with Gasteiger partial charge >= 0.3 is 6.03 Å². The monoisotopic (exact) mass is 299 g/mol. The third kappa shape index (κ3) is 4.90. The van der Waals surface area contributed by atoms with E-state index in [1.165, 1.54) is 0 Å². The topological polar surface area (TPSA) is 62.4 Å². The highest BCUT2D eigenvalue weighted by molar-refractivity contribution is 5.91. The number of ether oxygens (including phenoxy) is 1. The number of hydrogen-bond acceptors (Lipinski definition) is 3. The normalized spacial score (nSPS) is 17.4. The standard InChI is InChI=1S/C14H21N3O2.ClH/c1-10(2)19-13-6-4-3-5-12(13)17-14(18)16-11-7-8-15-9-11;/h3-6,10-11,15H,7-9H2,1-2H3,(H2,16,17,18);1H/t11-;/m1./s1. The van der Waals surface area contributed by atoms with Crippen LogP contribution in [0.5, 0.6) is 5.75 Å². The van der Waals surface area contributed by atoms with Crippen LogP contribution >= 0.6 is 12.4 Å². The molecule has 1 aromatic rings. The highest BCUT2D eigenvalue weighted by Gasteiger charge is 2.17. The zero-order valence-corrected chi connectivity index (χ0v) is 12.6. The molecule has 0 spiro atoms. The van der Waals surface area contributed by atoms with Crippen LogP contribution < -0.4 is 20.7 Å². The summed E-state index contributed by atoms with van der Waals surface area (Å²) in [4.78, 5) is 11.9. The lowest BCUT2D eigenvalue weighted by atomic mass is 10.2. The lowest BCUT2D eigenvalue weighted by molar-refractivity contribution is 0.241. The Balaban J connectivity index is 0.00000200. The summed E-state index contributed by atoms with van der Waals surface area (Å²) in [6, 6.07) is 7.48. The Morgan fingerprint density at radius 2 is 2.15 bits per heavy atom. The summed E-state index contributed by atoms with van der Waals surface area (Å²) >= 11 is 0.